The zero-order valence-electron chi connectivity index (χ0n) is 7.62. The van der Waals surface area contributed by atoms with Gasteiger partial charge in [-0.1, -0.05) is 15.9 Å². The van der Waals surface area contributed by atoms with E-state index in [1.165, 1.54) is 12.1 Å². The third kappa shape index (κ3) is 1.72. The van der Waals surface area contributed by atoms with Crippen LogP contribution in [0.1, 0.15) is 15.9 Å². The second-order valence-corrected chi connectivity index (χ2v) is 4.07. The number of hydrogen-bond donors (Lipinski definition) is 1. The van der Waals surface area contributed by atoms with Crippen LogP contribution in [0, 0.1) is 10.1 Å². The summed E-state index contributed by atoms with van der Waals surface area (Å²) in [5.74, 6) is -0.249. The Kier molecular flexibility index (Phi) is 2.44. The average Bonchev–Trinajstić information content (AvgIpc) is 2.19. The standard InChI is InChI=1S/C9H7BrN2O3/c10-8-4-5(12(14)15)3-7-6(8)1-2-11-9(7)13/h3-4H,1-2H2,(H,11,13). The molecule has 1 aliphatic rings. The fourth-order valence-corrected chi connectivity index (χ4v) is 2.23. The number of nitro groups is 1. The minimum absolute atomic E-state index is 0.0716. The van der Waals surface area contributed by atoms with Crippen LogP contribution in [0.2, 0.25) is 0 Å². The van der Waals surface area contributed by atoms with Crippen molar-refractivity contribution < 1.29 is 9.72 Å². The molecule has 15 heavy (non-hydrogen) atoms. The Bertz CT molecular complexity index is 459. The van der Waals surface area contributed by atoms with E-state index in [9.17, 15) is 14.9 Å². The SMILES string of the molecule is O=C1NCCc2c(Br)cc([N+](=O)[O-])cc21. The van der Waals surface area contributed by atoms with E-state index in [0.717, 1.165) is 5.56 Å². The fourth-order valence-electron chi connectivity index (χ4n) is 1.58. The summed E-state index contributed by atoms with van der Waals surface area (Å²) in [5, 5.41) is 13.2. The maximum absolute atomic E-state index is 11.5. The number of amides is 1. The van der Waals surface area contributed by atoms with Gasteiger partial charge in [0.2, 0.25) is 0 Å². The van der Waals surface area contributed by atoms with Gasteiger partial charge < -0.3 is 5.32 Å². The number of carbonyl (C=O) groups excluding carboxylic acids is 1. The smallest absolute Gasteiger partial charge is 0.271 e. The summed E-state index contributed by atoms with van der Waals surface area (Å²) >= 11 is 3.24. The molecule has 1 aliphatic heterocycles. The van der Waals surface area contributed by atoms with Crippen molar-refractivity contribution in [3.05, 3.63) is 37.8 Å². The molecule has 0 saturated carbocycles. The van der Waals surface area contributed by atoms with Gasteiger partial charge in [-0.15, -0.1) is 0 Å². The summed E-state index contributed by atoms with van der Waals surface area (Å²) < 4.78 is 0.626. The number of benzene rings is 1. The Hall–Kier alpha value is -1.43. The first-order chi connectivity index (χ1) is 7.09. The highest BCUT2D eigenvalue weighted by Gasteiger charge is 2.22. The largest absolute Gasteiger partial charge is 0.352 e. The van der Waals surface area contributed by atoms with E-state index in [4.69, 9.17) is 0 Å². The molecule has 0 atom stereocenters. The number of carbonyl (C=O) groups is 1. The summed E-state index contributed by atoms with van der Waals surface area (Å²) in [6.45, 7) is 0.572. The van der Waals surface area contributed by atoms with Crippen molar-refractivity contribution in [2.45, 2.75) is 6.42 Å². The topological polar surface area (TPSA) is 72.2 Å². The molecule has 5 nitrogen and oxygen atoms in total. The van der Waals surface area contributed by atoms with E-state index in [2.05, 4.69) is 21.2 Å². The van der Waals surface area contributed by atoms with Crippen LogP contribution in [0.3, 0.4) is 0 Å². The van der Waals surface area contributed by atoms with Crippen LogP contribution in [0.25, 0.3) is 0 Å². The minimum atomic E-state index is -0.507. The Balaban J connectivity index is 2.61. The zero-order chi connectivity index (χ0) is 11.0. The maximum Gasteiger partial charge on any atom is 0.271 e. The lowest BCUT2D eigenvalue weighted by atomic mass is 10.00. The number of nitrogens with zero attached hydrogens (tertiary/aromatic N) is 1. The molecule has 2 rings (SSSR count). The van der Waals surface area contributed by atoms with Gasteiger partial charge in [-0.3, -0.25) is 14.9 Å². The quantitative estimate of drug-likeness (QED) is 0.623. The summed E-state index contributed by atoms with van der Waals surface area (Å²) in [6.07, 6.45) is 0.694. The molecule has 0 spiro atoms. The Morgan fingerprint density at radius 2 is 2.20 bits per heavy atom. The summed E-state index contributed by atoms with van der Waals surface area (Å²) in [5.41, 5.74) is 1.16. The van der Waals surface area contributed by atoms with Crippen LogP contribution in [0.4, 0.5) is 5.69 Å². The minimum Gasteiger partial charge on any atom is -0.352 e. The summed E-state index contributed by atoms with van der Waals surface area (Å²) in [7, 11) is 0. The van der Waals surface area contributed by atoms with Gasteiger partial charge in [0.1, 0.15) is 0 Å². The second-order valence-electron chi connectivity index (χ2n) is 3.22. The number of hydrogen-bond acceptors (Lipinski definition) is 3. The Morgan fingerprint density at radius 3 is 2.87 bits per heavy atom. The molecular formula is C9H7BrN2O3. The van der Waals surface area contributed by atoms with Gasteiger partial charge >= 0.3 is 0 Å². The van der Waals surface area contributed by atoms with Crippen molar-refractivity contribution in [3.8, 4) is 0 Å². The molecule has 78 valence electrons. The van der Waals surface area contributed by atoms with Gasteiger partial charge in [0.15, 0.2) is 0 Å². The van der Waals surface area contributed by atoms with E-state index >= 15 is 0 Å². The molecular weight excluding hydrogens is 264 g/mol. The Labute approximate surface area is 93.8 Å². The number of nitro benzene ring substituents is 1. The molecule has 1 aromatic rings. The first kappa shape index (κ1) is 10.1. The van der Waals surface area contributed by atoms with Crippen LogP contribution in [0.15, 0.2) is 16.6 Å². The average molecular weight is 271 g/mol. The van der Waals surface area contributed by atoms with Gasteiger partial charge in [0.25, 0.3) is 11.6 Å². The second kappa shape index (κ2) is 3.62. The first-order valence-electron chi connectivity index (χ1n) is 4.34. The van der Waals surface area contributed by atoms with E-state index in [1.54, 1.807) is 0 Å². The molecule has 6 heteroatoms. The maximum atomic E-state index is 11.5. The predicted octanol–water partition coefficient (Wildman–Crippen LogP) is 1.64. The first-order valence-corrected chi connectivity index (χ1v) is 5.14. The molecule has 1 amide bonds. The lowest BCUT2D eigenvalue weighted by Crippen LogP contribution is -2.32. The molecule has 0 bridgehead atoms. The monoisotopic (exact) mass is 270 g/mol. The molecule has 0 radical (unpaired) electrons. The van der Waals surface area contributed by atoms with E-state index in [0.29, 0.717) is 23.0 Å². The van der Waals surface area contributed by atoms with Crippen molar-refractivity contribution >= 4 is 27.5 Å². The van der Waals surface area contributed by atoms with E-state index in [1.807, 2.05) is 0 Å². The van der Waals surface area contributed by atoms with Crippen molar-refractivity contribution in [2.24, 2.45) is 0 Å². The molecule has 0 aliphatic carbocycles. The van der Waals surface area contributed by atoms with Gasteiger partial charge in [0.05, 0.1) is 10.5 Å². The summed E-state index contributed by atoms with van der Waals surface area (Å²) in [6, 6.07) is 2.74. The normalized spacial score (nSPS) is 14.3. The number of nitrogens with one attached hydrogen (secondary N) is 1. The van der Waals surface area contributed by atoms with Crippen molar-refractivity contribution in [2.75, 3.05) is 6.54 Å². The summed E-state index contributed by atoms with van der Waals surface area (Å²) in [4.78, 5) is 21.5. The van der Waals surface area contributed by atoms with Crippen LogP contribution in [-0.4, -0.2) is 17.4 Å². The van der Waals surface area contributed by atoms with Crippen molar-refractivity contribution in [1.82, 2.24) is 5.32 Å². The number of halogens is 1. The molecule has 1 N–H and O–H groups in total. The van der Waals surface area contributed by atoms with Crippen LogP contribution in [0.5, 0.6) is 0 Å². The molecule has 0 saturated heterocycles. The van der Waals surface area contributed by atoms with Crippen molar-refractivity contribution in [3.63, 3.8) is 0 Å². The molecule has 0 unspecified atom stereocenters. The van der Waals surface area contributed by atoms with Crippen LogP contribution in [-0.2, 0) is 6.42 Å². The highest BCUT2D eigenvalue weighted by molar-refractivity contribution is 9.10. The molecule has 1 aromatic carbocycles. The highest BCUT2D eigenvalue weighted by Crippen LogP contribution is 2.28. The highest BCUT2D eigenvalue weighted by atomic mass is 79.9. The van der Waals surface area contributed by atoms with Crippen LogP contribution >= 0.6 is 15.9 Å². The van der Waals surface area contributed by atoms with Gasteiger partial charge in [0, 0.05) is 23.2 Å². The van der Waals surface area contributed by atoms with Crippen molar-refractivity contribution in [1.29, 1.82) is 0 Å². The van der Waals surface area contributed by atoms with Gasteiger partial charge in [-0.05, 0) is 12.0 Å². The molecule has 0 aromatic heterocycles. The lowest BCUT2D eigenvalue weighted by Gasteiger charge is -2.17. The predicted molar refractivity (Wildman–Crippen MR) is 56.8 cm³/mol. The fraction of sp³-hybridized carbons (Fsp3) is 0.222. The van der Waals surface area contributed by atoms with Gasteiger partial charge in [-0.25, -0.2) is 0 Å². The number of rotatable bonds is 1. The Morgan fingerprint density at radius 1 is 1.47 bits per heavy atom. The van der Waals surface area contributed by atoms with Crippen LogP contribution < -0.4 is 5.32 Å². The van der Waals surface area contributed by atoms with E-state index < -0.39 is 4.92 Å². The lowest BCUT2D eigenvalue weighted by molar-refractivity contribution is -0.385. The van der Waals surface area contributed by atoms with Gasteiger partial charge in [-0.2, -0.15) is 0 Å². The number of fused-ring (bicyclic) bond motifs is 1. The molecule has 1 heterocycles. The third-order valence-electron chi connectivity index (χ3n) is 2.30. The van der Waals surface area contributed by atoms with E-state index in [-0.39, 0.29) is 11.6 Å². The molecule has 0 fully saturated rings. The number of non-ortho nitro benzene ring substituents is 1. The third-order valence-corrected chi connectivity index (χ3v) is 3.00. The zero-order valence-corrected chi connectivity index (χ0v) is 9.20.